The summed E-state index contributed by atoms with van der Waals surface area (Å²) in [6, 6.07) is 4.91. The van der Waals surface area contributed by atoms with Crippen LogP contribution in [0.3, 0.4) is 0 Å². The molecule has 132 valence electrons. The fourth-order valence-corrected chi connectivity index (χ4v) is 3.50. The van der Waals surface area contributed by atoms with Crippen molar-refractivity contribution in [3.8, 4) is 0 Å². The maximum atomic E-state index is 10.5. The quantitative estimate of drug-likeness (QED) is 0.911. The largest absolute Gasteiger partial charge is 0.390 e. The molecule has 1 unspecified atom stereocenters. The molecular weight excluding hydrogens is 300 g/mol. The van der Waals surface area contributed by atoms with Crippen LogP contribution in [-0.4, -0.2) is 69.3 Å². The van der Waals surface area contributed by atoms with E-state index in [-0.39, 0.29) is 6.10 Å². The fourth-order valence-electron chi connectivity index (χ4n) is 3.50. The maximum absolute atomic E-state index is 10.5. The highest BCUT2D eigenvalue weighted by atomic mass is 16.3. The number of imidazole rings is 1. The number of fused-ring (bicyclic) bond motifs is 1. The van der Waals surface area contributed by atoms with Crippen LogP contribution >= 0.6 is 0 Å². The highest BCUT2D eigenvalue weighted by molar-refractivity contribution is 5.77. The molecule has 0 saturated carbocycles. The Morgan fingerprint density at radius 3 is 2.38 bits per heavy atom. The van der Waals surface area contributed by atoms with Crippen LogP contribution in [0, 0.1) is 13.8 Å². The molecule has 0 amide bonds. The predicted octanol–water partition coefficient (Wildman–Crippen LogP) is 2.04. The van der Waals surface area contributed by atoms with Gasteiger partial charge in [0.1, 0.15) is 0 Å². The summed E-state index contributed by atoms with van der Waals surface area (Å²) in [5, 5.41) is 10.5. The minimum Gasteiger partial charge on any atom is -0.390 e. The summed E-state index contributed by atoms with van der Waals surface area (Å²) in [5.74, 6) is 0. The number of aliphatic hydroxyl groups is 1. The van der Waals surface area contributed by atoms with E-state index in [1.165, 1.54) is 11.1 Å². The monoisotopic (exact) mass is 330 g/mol. The van der Waals surface area contributed by atoms with E-state index < -0.39 is 0 Å². The van der Waals surface area contributed by atoms with Crippen LogP contribution in [0.1, 0.15) is 25.0 Å². The minimum atomic E-state index is -0.366. The Kier molecular flexibility index (Phi) is 5.23. The molecule has 1 aromatic heterocycles. The van der Waals surface area contributed by atoms with E-state index in [0.717, 1.165) is 43.8 Å². The first kappa shape index (κ1) is 17.4. The minimum absolute atomic E-state index is 0.366. The lowest BCUT2D eigenvalue weighted by molar-refractivity contribution is 0.0559. The lowest BCUT2D eigenvalue weighted by Gasteiger charge is -2.37. The lowest BCUT2D eigenvalue weighted by atomic mass is 10.1. The molecule has 1 saturated heterocycles. The van der Waals surface area contributed by atoms with E-state index in [2.05, 4.69) is 59.2 Å². The molecular formula is C19H30N4O. The SMILES string of the molecule is Cc1cc2ncn(CC(O)CN3CCN(C(C)C)CC3)c2cc1C. The van der Waals surface area contributed by atoms with Gasteiger partial charge in [-0.05, 0) is 51.0 Å². The van der Waals surface area contributed by atoms with Gasteiger partial charge in [0.15, 0.2) is 0 Å². The average molecular weight is 330 g/mol. The maximum Gasteiger partial charge on any atom is 0.0959 e. The van der Waals surface area contributed by atoms with E-state index in [0.29, 0.717) is 12.6 Å². The Labute approximate surface area is 144 Å². The molecule has 3 rings (SSSR count). The Morgan fingerprint density at radius 2 is 1.71 bits per heavy atom. The van der Waals surface area contributed by atoms with Gasteiger partial charge in [0.25, 0.3) is 0 Å². The Morgan fingerprint density at radius 1 is 1.04 bits per heavy atom. The zero-order chi connectivity index (χ0) is 17.3. The Hall–Kier alpha value is -1.43. The lowest BCUT2D eigenvalue weighted by Crippen LogP contribution is -2.50. The van der Waals surface area contributed by atoms with Gasteiger partial charge in [-0.25, -0.2) is 4.98 Å². The van der Waals surface area contributed by atoms with Crippen molar-refractivity contribution in [1.29, 1.82) is 0 Å². The number of aromatic nitrogens is 2. The van der Waals surface area contributed by atoms with E-state index >= 15 is 0 Å². The fraction of sp³-hybridized carbons (Fsp3) is 0.632. The van der Waals surface area contributed by atoms with Gasteiger partial charge in [0.2, 0.25) is 0 Å². The molecule has 0 bridgehead atoms. The molecule has 1 aliphatic rings. The molecule has 2 aromatic rings. The van der Waals surface area contributed by atoms with E-state index in [9.17, 15) is 5.11 Å². The van der Waals surface area contributed by atoms with Crippen LogP contribution in [0.5, 0.6) is 0 Å². The number of piperazine rings is 1. The second-order valence-corrected chi connectivity index (χ2v) is 7.41. The molecule has 0 radical (unpaired) electrons. The second-order valence-electron chi connectivity index (χ2n) is 7.41. The van der Waals surface area contributed by atoms with Gasteiger partial charge >= 0.3 is 0 Å². The van der Waals surface area contributed by atoms with Crippen molar-refractivity contribution < 1.29 is 5.11 Å². The van der Waals surface area contributed by atoms with Crippen molar-refractivity contribution in [2.75, 3.05) is 32.7 Å². The standard InChI is InChI=1S/C19H30N4O/c1-14(2)22-7-5-21(6-8-22)11-17(24)12-23-13-20-18-9-15(3)16(4)10-19(18)23/h9-10,13-14,17,24H,5-8,11-12H2,1-4H3. The summed E-state index contributed by atoms with van der Waals surface area (Å²) < 4.78 is 2.08. The highest BCUT2D eigenvalue weighted by Gasteiger charge is 2.21. The number of nitrogens with zero attached hydrogens (tertiary/aromatic N) is 4. The molecule has 1 fully saturated rings. The average Bonchev–Trinajstić information content (AvgIpc) is 2.90. The first-order chi connectivity index (χ1) is 11.4. The second kappa shape index (κ2) is 7.21. The van der Waals surface area contributed by atoms with Crippen molar-refractivity contribution in [3.63, 3.8) is 0 Å². The van der Waals surface area contributed by atoms with Crippen LogP contribution in [0.2, 0.25) is 0 Å². The third kappa shape index (κ3) is 3.79. The number of benzene rings is 1. The molecule has 5 nitrogen and oxygen atoms in total. The predicted molar refractivity (Wildman–Crippen MR) is 98.4 cm³/mol. The topological polar surface area (TPSA) is 44.5 Å². The molecule has 1 aromatic carbocycles. The zero-order valence-corrected chi connectivity index (χ0v) is 15.4. The molecule has 0 spiro atoms. The molecule has 2 heterocycles. The van der Waals surface area contributed by atoms with Gasteiger partial charge < -0.3 is 9.67 Å². The van der Waals surface area contributed by atoms with Gasteiger partial charge in [-0.3, -0.25) is 9.80 Å². The number of aliphatic hydroxyl groups excluding tert-OH is 1. The highest BCUT2D eigenvalue weighted by Crippen LogP contribution is 2.19. The van der Waals surface area contributed by atoms with Gasteiger partial charge in [0.05, 0.1) is 30.0 Å². The number of hydrogen-bond acceptors (Lipinski definition) is 4. The third-order valence-electron chi connectivity index (χ3n) is 5.25. The first-order valence-electron chi connectivity index (χ1n) is 9.00. The van der Waals surface area contributed by atoms with E-state index in [1.54, 1.807) is 0 Å². The first-order valence-corrected chi connectivity index (χ1v) is 9.00. The van der Waals surface area contributed by atoms with E-state index in [4.69, 9.17) is 0 Å². The number of β-amino-alcohol motifs (C(OH)–C–C–N with tert-alkyl or cyclic N) is 1. The van der Waals surface area contributed by atoms with Gasteiger partial charge in [-0.15, -0.1) is 0 Å². The molecule has 1 aliphatic heterocycles. The van der Waals surface area contributed by atoms with Crippen LogP contribution < -0.4 is 0 Å². The summed E-state index contributed by atoms with van der Waals surface area (Å²) >= 11 is 0. The van der Waals surface area contributed by atoms with Crippen molar-refractivity contribution in [1.82, 2.24) is 19.4 Å². The number of aryl methyl sites for hydroxylation is 2. The van der Waals surface area contributed by atoms with Crippen LogP contribution in [0.25, 0.3) is 11.0 Å². The Balaban J connectivity index is 1.59. The van der Waals surface area contributed by atoms with Crippen molar-refractivity contribution >= 4 is 11.0 Å². The van der Waals surface area contributed by atoms with E-state index in [1.807, 2.05) is 6.33 Å². The smallest absolute Gasteiger partial charge is 0.0959 e. The number of hydrogen-bond donors (Lipinski definition) is 1. The molecule has 0 aliphatic carbocycles. The van der Waals surface area contributed by atoms with Crippen LogP contribution in [-0.2, 0) is 6.54 Å². The Bertz CT molecular complexity index is 686. The molecule has 24 heavy (non-hydrogen) atoms. The van der Waals surface area contributed by atoms with Gasteiger partial charge in [-0.2, -0.15) is 0 Å². The summed E-state index contributed by atoms with van der Waals surface area (Å²) in [5.41, 5.74) is 4.65. The van der Waals surface area contributed by atoms with Gasteiger partial charge in [-0.1, -0.05) is 0 Å². The van der Waals surface area contributed by atoms with Gasteiger partial charge in [0, 0.05) is 38.8 Å². The van der Waals surface area contributed by atoms with Crippen molar-refractivity contribution in [2.45, 2.75) is 46.4 Å². The summed E-state index contributed by atoms with van der Waals surface area (Å²) in [4.78, 5) is 9.35. The van der Waals surface area contributed by atoms with Crippen LogP contribution in [0.4, 0.5) is 0 Å². The number of rotatable bonds is 5. The molecule has 5 heteroatoms. The normalized spacial score (nSPS) is 18.6. The third-order valence-corrected chi connectivity index (χ3v) is 5.25. The molecule has 1 atom stereocenters. The molecule has 1 N–H and O–H groups in total. The summed E-state index contributed by atoms with van der Waals surface area (Å²) in [7, 11) is 0. The van der Waals surface area contributed by atoms with Crippen molar-refractivity contribution in [2.24, 2.45) is 0 Å². The summed E-state index contributed by atoms with van der Waals surface area (Å²) in [6.07, 6.45) is 1.48. The summed E-state index contributed by atoms with van der Waals surface area (Å²) in [6.45, 7) is 14.3. The van der Waals surface area contributed by atoms with Crippen LogP contribution in [0.15, 0.2) is 18.5 Å². The zero-order valence-electron chi connectivity index (χ0n) is 15.4. The van der Waals surface area contributed by atoms with Crippen molar-refractivity contribution in [3.05, 3.63) is 29.6 Å².